The van der Waals surface area contributed by atoms with Crippen LogP contribution in [0.15, 0.2) is 24.3 Å². The zero-order chi connectivity index (χ0) is 15.6. The van der Waals surface area contributed by atoms with Gasteiger partial charge in [0.1, 0.15) is 0 Å². The molecule has 4 nitrogen and oxygen atoms in total. The molecule has 4 heteroatoms. The molecule has 1 aromatic carbocycles. The summed E-state index contributed by atoms with van der Waals surface area (Å²) in [4.78, 5) is 24.9. The first-order chi connectivity index (χ1) is 9.90. The molecule has 1 amide bonds. The number of nitrogens with zero attached hydrogens (tertiary/aromatic N) is 1. The lowest BCUT2D eigenvalue weighted by Gasteiger charge is -2.21. The number of benzene rings is 1. The zero-order valence-corrected chi connectivity index (χ0v) is 12.7. The maximum absolute atomic E-state index is 12.2. The molecular formula is C17H21NO3. The van der Waals surface area contributed by atoms with Gasteiger partial charge in [-0.05, 0) is 44.4 Å². The van der Waals surface area contributed by atoms with Crippen molar-refractivity contribution in [1.82, 2.24) is 4.90 Å². The fourth-order valence-electron chi connectivity index (χ4n) is 2.85. The van der Waals surface area contributed by atoms with E-state index in [-0.39, 0.29) is 11.9 Å². The third kappa shape index (κ3) is 3.32. The van der Waals surface area contributed by atoms with E-state index in [2.05, 4.69) is 6.07 Å². The number of likely N-dealkylation sites (tertiary alicyclic amines) is 1. The third-order valence-corrected chi connectivity index (χ3v) is 4.19. The van der Waals surface area contributed by atoms with Crippen LogP contribution in [0.5, 0.6) is 0 Å². The highest BCUT2D eigenvalue weighted by Gasteiger charge is 2.37. The second kappa shape index (κ2) is 6.12. The molecule has 0 aromatic heterocycles. The van der Waals surface area contributed by atoms with E-state index in [0.29, 0.717) is 13.0 Å². The quantitative estimate of drug-likeness (QED) is 0.869. The Kier molecular flexibility index (Phi) is 4.46. The Morgan fingerprint density at radius 2 is 2.05 bits per heavy atom. The van der Waals surface area contributed by atoms with Crippen LogP contribution in [-0.2, 0) is 9.59 Å². The molecule has 1 heterocycles. The summed E-state index contributed by atoms with van der Waals surface area (Å²) < 4.78 is 0. The maximum Gasteiger partial charge on any atom is 0.308 e. The molecule has 21 heavy (non-hydrogen) atoms. The lowest BCUT2D eigenvalue weighted by Crippen LogP contribution is -2.36. The highest BCUT2D eigenvalue weighted by atomic mass is 16.4. The van der Waals surface area contributed by atoms with Gasteiger partial charge in [-0.25, -0.2) is 0 Å². The summed E-state index contributed by atoms with van der Waals surface area (Å²) in [5.41, 5.74) is 3.32. The molecule has 1 N–H and O–H groups in total. The molecule has 112 valence electrons. The van der Waals surface area contributed by atoms with Gasteiger partial charge >= 0.3 is 5.97 Å². The number of carboxylic acid groups (broad SMARTS) is 1. The van der Waals surface area contributed by atoms with E-state index in [9.17, 15) is 9.59 Å². The van der Waals surface area contributed by atoms with Crippen LogP contribution in [0.3, 0.4) is 0 Å². The van der Waals surface area contributed by atoms with Crippen molar-refractivity contribution in [2.45, 2.75) is 33.2 Å². The summed E-state index contributed by atoms with van der Waals surface area (Å²) in [6, 6.07) is 5.82. The first kappa shape index (κ1) is 15.3. The fourth-order valence-corrected chi connectivity index (χ4v) is 2.85. The van der Waals surface area contributed by atoms with Crippen molar-refractivity contribution in [3.05, 3.63) is 41.0 Å². The monoisotopic (exact) mass is 287 g/mol. The number of aryl methyl sites for hydroxylation is 2. The van der Waals surface area contributed by atoms with Gasteiger partial charge in [-0.1, -0.05) is 23.8 Å². The molecule has 1 aliphatic rings. The predicted octanol–water partition coefficient (Wildman–Crippen LogP) is 2.64. The summed E-state index contributed by atoms with van der Waals surface area (Å²) in [6.45, 7) is 6.35. The average Bonchev–Trinajstić information content (AvgIpc) is 2.79. The fraction of sp³-hybridized carbons (Fsp3) is 0.412. The Bertz CT molecular complexity index is 592. The number of hydrogen-bond acceptors (Lipinski definition) is 2. The van der Waals surface area contributed by atoms with Crippen LogP contribution < -0.4 is 0 Å². The minimum Gasteiger partial charge on any atom is -0.481 e. The summed E-state index contributed by atoms with van der Waals surface area (Å²) in [6.07, 6.45) is 3.87. The lowest BCUT2D eigenvalue weighted by atomic mass is 10.0. The van der Waals surface area contributed by atoms with E-state index in [1.165, 1.54) is 5.56 Å². The Hall–Kier alpha value is -2.10. The van der Waals surface area contributed by atoms with E-state index < -0.39 is 11.9 Å². The largest absolute Gasteiger partial charge is 0.481 e. The Balaban J connectivity index is 2.08. The number of rotatable bonds is 3. The van der Waals surface area contributed by atoms with Gasteiger partial charge in [0.15, 0.2) is 0 Å². The molecule has 0 aliphatic carbocycles. The first-order valence-electron chi connectivity index (χ1n) is 7.19. The highest BCUT2D eigenvalue weighted by molar-refractivity contribution is 5.93. The van der Waals surface area contributed by atoms with Gasteiger partial charge in [0.2, 0.25) is 5.91 Å². The molecule has 1 saturated heterocycles. The zero-order valence-electron chi connectivity index (χ0n) is 12.7. The van der Waals surface area contributed by atoms with Gasteiger partial charge in [0.25, 0.3) is 0 Å². The number of carbonyl (C=O) groups is 2. The van der Waals surface area contributed by atoms with Crippen molar-refractivity contribution >= 4 is 18.0 Å². The van der Waals surface area contributed by atoms with Gasteiger partial charge in [0, 0.05) is 18.7 Å². The van der Waals surface area contributed by atoms with Crippen LogP contribution >= 0.6 is 0 Å². The van der Waals surface area contributed by atoms with Crippen LogP contribution in [0.4, 0.5) is 0 Å². The summed E-state index contributed by atoms with van der Waals surface area (Å²) in [7, 11) is 0. The van der Waals surface area contributed by atoms with Gasteiger partial charge in [-0.15, -0.1) is 0 Å². The molecule has 2 unspecified atom stereocenters. The first-order valence-corrected chi connectivity index (χ1v) is 7.19. The smallest absolute Gasteiger partial charge is 0.308 e. The molecule has 2 rings (SSSR count). The molecular weight excluding hydrogens is 266 g/mol. The predicted molar refractivity (Wildman–Crippen MR) is 81.9 cm³/mol. The maximum atomic E-state index is 12.2. The van der Waals surface area contributed by atoms with Crippen molar-refractivity contribution in [3.8, 4) is 0 Å². The van der Waals surface area contributed by atoms with Crippen LogP contribution in [0, 0.1) is 19.8 Å². The Morgan fingerprint density at radius 3 is 2.62 bits per heavy atom. The second-order valence-electron chi connectivity index (χ2n) is 5.70. The number of carboxylic acids is 1. The average molecular weight is 287 g/mol. The van der Waals surface area contributed by atoms with Crippen molar-refractivity contribution in [1.29, 1.82) is 0 Å². The molecule has 1 aliphatic heterocycles. The summed E-state index contributed by atoms with van der Waals surface area (Å²) in [5.74, 6) is -1.40. The molecule has 0 spiro atoms. The molecule has 1 fully saturated rings. The molecule has 2 atom stereocenters. The summed E-state index contributed by atoms with van der Waals surface area (Å²) >= 11 is 0. The number of amides is 1. The minimum atomic E-state index is -0.823. The highest BCUT2D eigenvalue weighted by Crippen LogP contribution is 2.24. The molecule has 0 bridgehead atoms. The van der Waals surface area contributed by atoms with E-state index in [1.54, 1.807) is 24.0 Å². The Labute approximate surface area is 125 Å². The van der Waals surface area contributed by atoms with E-state index in [4.69, 9.17) is 5.11 Å². The minimum absolute atomic E-state index is 0.119. The normalized spacial score (nSPS) is 22.0. The standard InChI is InChI=1S/C17H21NO3/c1-11-4-5-14(12(2)10-11)6-7-16(19)18-9-8-15(13(18)3)17(20)21/h4-7,10,13,15H,8-9H2,1-3H3,(H,20,21). The topological polar surface area (TPSA) is 57.6 Å². The van der Waals surface area contributed by atoms with Gasteiger partial charge < -0.3 is 10.0 Å². The van der Waals surface area contributed by atoms with Crippen LogP contribution in [0.25, 0.3) is 6.08 Å². The van der Waals surface area contributed by atoms with E-state index in [1.807, 2.05) is 26.0 Å². The van der Waals surface area contributed by atoms with Gasteiger partial charge in [0.05, 0.1) is 5.92 Å². The lowest BCUT2D eigenvalue weighted by molar-refractivity contribution is -0.142. The second-order valence-corrected chi connectivity index (χ2v) is 5.70. The van der Waals surface area contributed by atoms with Crippen LogP contribution in [0.2, 0.25) is 0 Å². The molecule has 1 aromatic rings. The van der Waals surface area contributed by atoms with Gasteiger partial charge in [-0.2, -0.15) is 0 Å². The van der Waals surface area contributed by atoms with E-state index >= 15 is 0 Å². The summed E-state index contributed by atoms with van der Waals surface area (Å²) in [5, 5.41) is 9.10. The molecule has 0 radical (unpaired) electrons. The van der Waals surface area contributed by atoms with Crippen molar-refractivity contribution in [2.75, 3.05) is 6.54 Å². The van der Waals surface area contributed by atoms with Gasteiger partial charge in [-0.3, -0.25) is 9.59 Å². The SMILES string of the molecule is Cc1ccc(C=CC(=O)N2CCC(C(=O)O)C2C)c(C)c1. The van der Waals surface area contributed by atoms with Crippen LogP contribution in [0.1, 0.15) is 30.0 Å². The van der Waals surface area contributed by atoms with Crippen molar-refractivity contribution < 1.29 is 14.7 Å². The number of carbonyl (C=O) groups excluding carboxylic acids is 1. The van der Waals surface area contributed by atoms with Crippen molar-refractivity contribution in [3.63, 3.8) is 0 Å². The van der Waals surface area contributed by atoms with Crippen LogP contribution in [-0.4, -0.2) is 34.5 Å². The number of aliphatic carboxylic acids is 1. The van der Waals surface area contributed by atoms with E-state index in [0.717, 1.165) is 11.1 Å². The third-order valence-electron chi connectivity index (χ3n) is 4.19. The number of hydrogen-bond donors (Lipinski definition) is 1. The molecule has 0 saturated carbocycles. The Morgan fingerprint density at radius 1 is 1.33 bits per heavy atom. The van der Waals surface area contributed by atoms with Crippen molar-refractivity contribution in [2.24, 2.45) is 5.92 Å².